The molecular weight excluding hydrogens is 208 g/mol. The molecule has 0 aliphatic heterocycles. The van der Waals surface area contributed by atoms with E-state index < -0.39 is 20.7 Å². The molecule has 0 aromatic rings. The molecule has 0 fully saturated rings. The summed E-state index contributed by atoms with van der Waals surface area (Å²) in [6, 6.07) is 0. The molecule has 6 heteroatoms. The zero-order chi connectivity index (χ0) is 11.4. The highest BCUT2D eigenvalue weighted by Gasteiger charge is 2.25. The molecule has 0 atom stereocenters. The number of carbonyl (C=O) groups is 1. The van der Waals surface area contributed by atoms with Gasteiger partial charge >= 0.3 is 5.97 Å². The van der Waals surface area contributed by atoms with Crippen molar-refractivity contribution < 1.29 is 23.1 Å². The van der Waals surface area contributed by atoms with Gasteiger partial charge in [0.15, 0.2) is 14.7 Å². The number of allylic oxidation sites excluding steroid dienone is 1. The first-order valence-electron chi connectivity index (χ1n) is 4.13. The fraction of sp³-hybridized carbons (Fsp3) is 0.625. The third kappa shape index (κ3) is 3.37. The van der Waals surface area contributed by atoms with Crippen molar-refractivity contribution in [2.75, 3.05) is 12.9 Å². The SMILES string of the molecule is CCOC(CC)=C(C(=O)O)S(C)(=O)=O. The minimum atomic E-state index is -3.74. The number of aliphatic carboxylic acids is 1. The lowest BCUT2D eigenvalue weighted by molar-refractivity contribution is -0.132. The van der Waals surface area contributed by atoms with E-state index in [0.717, 1.165) is 6.26 Å². The van der Waals surface area contributed by atoms with Gasteiger partial charge in [0.2, 0.25) is 0 Å². The first-order chi connectivity index (χ1) is 6.34. The second-order valence-corrected chi connectivity index (χ2v) is 4.57. The predicted octanol–water partition coefficient (Wildman–Crippen LogP) is 0.774. The van der Waals surface area contributed by atoms with Gasteiger partial charge in [0.1, 0.15) is 5.76 Å². The number of sulfone groups is 1. The van der Waals surface area contributed by atoms with Crippen LogP contribution in [0.3, 0.4) is 0 Å². The number of ether oxygens (including phenoxy) is 1. The van der Waals surface area contributed by atoms with Crippen molar-refractivity contribution >= 4 is 15.8 Å². The average molecular weight is 222 g/mol. The van der Waals surface area contributed by atoms with E-state index in [1.807, 2.05) is 0 Å². The van der Waals surface area contributed by atoms with Gasteiger partial charge in [0.25, 0.3) is 0 Å². The second kappa shape index (κ2) is 4.99. The van der Waals surface area contributed by atoms with Gasteiger partial charge in [-0.15, -0.1) is 0 Å². The van der Waals surface area contributed by atoms with Crippen molar-refractivity contribution in [2.24, 2.45) is 0 Å². The molecule has 14 heavy (non-hydrogen) atoms. The van der Waals surface area contributed by atoms with Crippen molar-refractivity contribution in [3.8, 4) is 0 Å². The summed E-state index contributed by atoms with van der Waals surface area (Å²) in [4.78, 5) is 10.1. The van der Waals surface area contributed by atoms with Crippen LogP contribution in [-0.4, -0.2) is 32.4 Å². The molecule has 0 unspecified atom stereocenters. The Hall–Kier alpha value is -1.04. The lowest BCUT2D eigenvalue weighted by Crippen LogP contribution is -2.15. The molecule has 0 aliphatic rings. The summed E-state index contributed by atoms with van der Waals surface area (Å²) in [6.45, 7) is 3.55. The molecule has 82 valence electrons. The molecule has 0 bridgehead atoms. The molecule has 0 heterocycles. The van der Waals surface area contributed by atoms with Crippen LogP contribution in [0, 0.1) is 0 Å². The maximum atomic E-state index is 11.1. The molecule has 0 saturated carbocycles. The standard InChI is InChI=1S/C8H14O5S/c1-4-6(13-5-2)7(8(9)10)14(3,11)12/h4-5H2,1-3H3,(H,9,10). The number of carboxylic acid groups (broad SMARTS) is 1. The fourth-order valence-corrected chi connectivity index (χ4v) is 1.92. The van der Waals surface area contributed by atoms with Crippen LogP contribution in [0.4, 0.5) is 0 Å². The number of hydrogen-bond donors (Lipinski definition) is 1. The lowest BCUT2D eigenvalue weighted by Gasteiger charge is -2.09. The Morgan fingerprint density at radius 2 is 1.86 bits per heavy atom. The summed E-state index contributed by atoms with van der Waals surface area (Å²) in [7, 11) is -3.74. The molecular formula is C8H14O5S. The summed E-state index contributed by atoms with van der Waals surface area (Å²) < 4.78 is 27.2. The number of rotatable bonds is 5. The zero-order valence-corrected chi connectivity index (χ0v) is 9.22. The van der Waals surface area contributed by atoms with Crippen molar-refractivity contribution in [3.05, 3.63) is 10.7 Å². The summed E-state index contributed by atoms with van der Waals surface area (Å²) in [5.41, 5.74) is 0. The largest absolute Gasteiger partial charge is 0.497 e. The Bertz CT molecular complexity index is 339. The van der Waals surface area contributed by atoms with Crippen molar-refractivity contribution in [3.63, 3.8) is 0 Å². The molecule has 0 spiro atoms. The first kappa shape index (κ1) is 13.0. The summed E-state index contributed by atoms with van der Waals surface area (Å²) in [6.07, 6.45) is 1.09. The van der Waals surface area contributed by atoms with Gasteiger partial charge in [-0.05, 0) is 6.92 Å². The monoisotopic (exact) mass is 222 g/mol. The van der Waals surface area contributed by atoms with Crippen molar-refractivity contribution in [1.82, 2.24) is 0 Å². The van der Waals surface area contributed by atoms with Crippen LogP contribution in [-0.2, 0) is 19.4 Å². The van der Waals surface area contributed by atoms with Gasteiger partial charge < -0.3 is 9.84 Å². The molecule has 0 radical (unpaired) electrons. The molecule has 5 nitrogen and oxygen atoms in total. The van der Waals surface area contributed by atoms with Crippen LogP contribution in [0.5, 0.6) is 0 Å². The number of hydrogen-bond acceptors (Lipinski definition) is 4. The van der Waals surface area contributed by atoms with E-state index in [4.69, 9.17) is 9.84 Å². The van der Waals surface area contributed by atoms with Crippen molar-refractivity contribution in [1.29, 1.82) is 0 Å². The minimum Gasteiger partial charge on any atom is -0.497 e. The molecule has 0 aromatic heterocycles. The quantitative estimate of drug-likeness (QED) is 0.549. The third-order valence-corrected chi connectivity index (χ3v) is 2.60. The van der Waals surface area contributed by atoms with Gasteiger partial charge in [0, 0.05) is 12.7 Å². The molecule has 0 saturated heterocycles. The van der Waals surface area contributed by atoms with E-state index in [-0.39, 0.29) is 18.8 Å². The van der Waals surface area contributed by atoms with Crippen LogP contribution < -0.4 is 0 Å². The van der Waals surface area contributed by atoms with E-state index >= 15 is 0 Å². The Morgan fingerprint density at radius 3 is 2.07 bits per heavy atom. The van der Waals surface area contributed by atoms with E-state index in [1.54, 1.807) is 13.8 Å². The van der Waals surface area contributed by atoms with Gasteiger partial charge in [0.05, 0.1) is 6.61 Å². The minimum absolute atomic E-state index is 0.00231. The normalized spacial score (nSPS) is 13.4. The smallest absolute Gasteiger partial charge is 0.350 e. The molecule has 0 aliphatic carbocycles. The number of carboxylic acids is 1. The Labute approximate surface area is 83.3 Å². The van der Waals surface area contributed by atoms with E-state index in [1.165, 1.54) is 0 Å². The Kier molecular flexibility index (Phi) is 4.62. The average Bonchev–Trinajstić information content (AvgIpc) is 2.00. The van der Waals surface area contributed by atoms with Crippen LogP contribution >= 0.6 is 0 Å². The molecule has 1 N–H and O–H groups in total. The van der Waals surface area contributed by atoms with E-state index in [2.05, 4.69) is 0 Å². The third-order valence-electron chi connectivity index (χ3n) is 1.46. The van der Waals surface area contributed by atoms with E-state index in [9.17, 15) is 13.2 Å². The van der Waals surface area contributed by atoms with Crippen LogP contribution in [0.25, 0.3) is 0 Å². The molecule has 0 aromatic carbocycles. The molecule has 0 amide bonds. The first-order valence-corrected chi connectivity index (χ1v) is 6.03. The summed E-state index contributed by atoms with van der Waals surface area (Å²) in [5, 5.41) is 8.72. The predicted molar refractivity (Wildman–Crippen MR) is 51.4 cm³/mol. The van der Waals surface area contributed by atoms with Gasteiger partial charge in [-0.3, -0.25) is 0 Å². The summed E-state index contributed by atoms with van der Waals surface area (Å²) in [5.74, 6) is -1.47. The lowest BCUT2D eigenvalue weighted by atomic mass is 10.3. The van der Waals surface area contributed by atoms with Gasteiger partial charge in [-0.1, -0.05) is 6.92 Å². The summed E-state index contributed by atoms with van der Waals surface area (Å²) >= 11 is 0. The Balaban J connectivity index is 5.45. The van der Waals surface area contributed by atoms with Gasteiger partial charge in [-0.25, -0.2) is 13.2 Å². The molecule has 0 rings (SSSR count). The fourth-order valence-electron chi connectivity index (χ4n) is 0.987. The van der Waals surface area contributed by atoms with Crippen LogP contribution in [0.15, 0.2) is 10.7 Å². The van der Waals surface area contributed by atoms with Gasteiger partial charge in [-0.2, -0.15) is 0 Å². The highest BCUT2D eigenvalue weighted by molar-refractivity contribution is 7.95. The second-order valence-electron chi connectivity index (χ2n) is 2.62. The highest BCUT2D eigenvalue weighted by atomic mass is 32.2. The topological polar surface area (TPSA) is 80.7 Å². The maximum Gasteiger partial charge on any atom is 0.350 e. The van der Waals surface area contributed by atoms with Crippen LogP contribution in [0.2, 0.25) is 0 Å². The maximum absolute atomic E-state index is 11.1. The Morgan fingerprint density at radius 1 is 1.36 bits per heavy atom. The van der Waals surface area contributed by atoms with Crippen LogP contribution in [0.1, 0.15) is 20.3 Å². The highest BCUT2D eigenvalue weighted by Crippen LogP contribution is 2.16. The van der Waals surface area contributed by atoms with E-state index in [0.29, 0.717) is 0 Å². The van der Waals surface area contributed by atoms with Crippen molar-refractivity contribution in [2.45, 2.75) is 20.3 Å². The zero-order valence-electron chi connectivity index (χ0n) is 8.40.